The molecule has 0 heterocycles. The first kappa shape index (κ1) is 5.09. The third-order valence-electron chi connectivity index (χ3n) is 0. The van der Waals surface area contributed by atoms with E-state index < -0.39 is 18.6 Å². The fraction of sp³-hybridized carbons (Fsp3) is 1.00. The topological polar surface area (TPSA) is 0 Å². The molecule has 0 aromatic carbocycles. The van der Waals surface area contributed by atoms with Gasteiger partial charge in [-0.15, -0.1) is 0 Å². The Bertz CT molecular complexity index is 10.8. The summed E-state index contributed by atoms with van der Waals surface area (Å²) >= 11 is -1.07. The molecule has 0 bridgehead atoms. The maximum absolute atomic E-state index is 5.47. The van der Waals surface area contributed by atoms with Crippen molar-refractivity contribution < 1.29 is 0 Å². The second-order valence-electron chi connectivity index (χ2n) is 0.878. The quantitative estimate of drug-likeness (QED) is 0.500. The van der Waals surface area contributed by atoms with Gasteiger partial charge >= 0.3 is 37.4 Å². The number of halogens is 1. The third kappa shape index (κ3) is 11.4. The molecule has 0 atom stereocenters. The van der Waals surface area contributed by atoms with Crippen molar-refractivity contribution in [2.24, 2.45) is 0 Å². The average Bonchev–Trinajstić information content (AvgIpc) is 0.811. The zero-order valence-electron chi connectivity index (χ0n) is 2.88. The average molecular weight is 184 g/mol. The van der Waals surface area contributed by atoms with E-state index in [2.05, 4.69) is 9.88 Å². The molecule has 0 aliphatic heterocycles. The van der Waals surface area contributed by atoms with Crippen molar-refractivity contribution in [2.75, 3.05) is 0 Å². The second-order valence-corrected chi connectivity index (χ2v) is 11.0. The first-order valence-corrected chi connectivity index (χ1v) is 10.5. The van der Waals surface area contributed by atoms with Gasteiger partial charge in [0.15, 0.2) is 0 Å². The van der Waals surface area contributed by atoms with Crippen molar-refractivity contribution in [3.05, 3.63) is 0 Å². The molecule has 0 aliphatic rings. The fourth-order valence-electron chi connectivity index (χ4n) is 0. The van der Waals surface area contributed by atoms with E-state index in [1.807, 2.05) is 0 Å². The molecule has 0 aromatic rings. The summed E-state index contributed by atoms with van der Waals surface area (Å²) in [5.41, 5.74) is 0. The molecule has 0 saturated carbocycles. The Morgan fingerprint density at radius 1 is 1.50 bits per heavy atom. The van der Waals surface area contributed by atoms with Crippen LogP contribution in [0.15, 0.2) is 0 Å². The molecule has 0 radical (unpaired) electrons. The van der Waals surface area contributed by atoms with E-state index in [-0.39, 0.29) is 0 Å². The van der Waals surface area contributed by atoms with E-state index in [9.17, 15) is 0 Å². The molecule has 4 heavy (non-hydrogen) atoms. The van der Waals surface area contributed by atoms with Crippen molar-refractivity contribution in [3.63, 3.8) is 0 Å². The van der Waals surface area contributed by atoms with Crippen LogP contribution in [0.1, 0.15) is 0 Å². The normalized spacial score (nSPS) is 6.75. The van der Waals surface area contributed by atoms with Crippen molar-refractivity contribution in [2.45, 2.75) is 9.88 Å². The van der Waals surface area contributed by atoms with Crippen molar-refractivity contribution in [3.8, 4) is 0 Å². The Kier molecular flexibility index (Phi) is 2.97. The van der Waals surface area contributed by atoms with Crippen LogP contribution in [0.4, 0.5) is 0 Å². The van der Waals surface area contributed by atoms with Crippen LogP contribution >= 0.6 is 8.92 Å². The van der Waals surface area contributed by atoms with Crippen molar-refractivity contribution in [1.82, 2.24) is 0 Å². The predicted octanol–water partition coefficient (Wildman–Crippen LogP) is 1.48. The molecule has 0 aliphatic carbocycles. The van der Waals surface area contributed by atoms with E-state index in [1.165, 1.54) is 0 Å². The zero-order chi connectivity index (χ0) is 3.58. The molecule has 0 rings (SSSR count). The molecule has 2 heteroatoms. The Labute approximate surface area is 37.6 Å². The van der Waals surface area contributed by atoms with Gasteiger partial charge in [0.2, 0.25) is 0 Å². The number of hydrogen-bond donors (Lipinski definition) is 0. The molecule has 0 saturated heterocycles. The standard InChI is InChI=1S/2CH3.ClH.Sn/h2*1H3;1H;/q;;;+2/p-1. The Hall–Kier alpha value is 1.09. The summed E-state index contributed by atoms with van der Waals surface area (Å²) in [6, 6.07) is 0. The van der Waals surface area contributed by atoms with Gasteiger partial charge in [0, 0.05) is 0 Å². The summed E-state index contributed by atoms with van der Waals surface area (Å²) in [5, 5.41) is 0. The van der Waals surface area contributed by atoms with Crippen LogP contribution in [0, 0.1) is 0 Å². The van der Waals surface area contributed by atoms with Crippen LogP contribution in [-0.2, 0) is 0 Å². The van der Waals surface area contributed by atoms with Gasteiger partial charge < -0.3 is 0 Å². The summed E-state index contributed by atoms with van der Waals surface area (Å²) in [6.07, 6.45) is 0. The minimum absolute atomic E-state index is 1.07. The molecule has 0 N–H and O–H groups in total. The van der Waals surface area contributed by atoms with Gasteiger partial charge in [-0.1, -0.05) is 0 Å². The molecule has 0 aromatic heterocycles. The molecule has 0 unspecified atom stereocenters. The van der Waals surface area contributed by atoms with Crippen LogP contribution in [0.3, 0.4) is 0 Å². The monoisotopic (exact) mass is 185 g/mol. The van der Waals surface area contributed by atoms with Crippen LogP contribution in [-0.4, -0.2) is 18.6 Å². The van der Waals surface area contributed by atoms with E-state index in [0.29, 0.717) is 0 Å². The third-order valence-corrected chi connectivity index (χ3v) is 0. The SMILES string of the molecule is [CH3][Sn+]([CH3])[Cl]. The van der Waals surface area contributed by atoms with Gasteiger partial charge in [0.05, 0.1) is 0 Å². The number of hydrogen-bond acceptors (Lipinski definition) is 0. The van der Waals surface area contributed by atoms with Crippen molar-refractivity contribution in [1.29, 1.82) is 0 Å². The zero-order valence-corrected chi connectivity index (χ0v) is 6.49. The van der Waals surface area contributed by atoms with Gasteiger partial charge in [-0.25, -0.2) is 0 Å². The summed E-state index contributed by atoms with van der Waals surface area (Å²) < 4.78 is 0. The van der Waals surface area contributed by atoms with E-state index in [4.69, 9.17) is 8.92 Å². The van der Waals surface area contributed by atoms with Crippen LogP contribution in [0.25, 0.3) is 0 Å². The van der Waals surface area contributed by atoms with Gasteiger partial charge in [-0.05, 0) is 0 Å². The fourth-order valence-corrected chi connectivity index (χ4v) is 0. The summed E-state index contributed by atoms with van der Waals surface area (Å²) in [6.45, 7) is 0. The Morgan fingerprint density at radius 3 is 1.50 bits per heavy atom. The van der Waals surface area contributed by atoms with Gasteiger partial charge in [0.1, 0.15) is 0 Å². The minimum atomic E-state index is -1.07. The molecule has 24 valence electrons. The number of rotatable bonds is 0. The molecular weight excluding hydrogens is 178 g/mol. The Balaban J connectivity index is 2.32. The summed E-state index contributed by atoms with van der Waals surface area (Å²) in [4.78, 5) is 4.26. The first-order chi connectivity index (χ1) is 1.73. The van der Waals surface area contributed by atoms with Crippen LogP contribution < -0.4 is 0 Å². The Morgan fingerprint density at radius 2 is 1.50 bits per heavy atom. The van der Waals surface area contributed by atoms with Crippen molar-refractivity contribution >= 4 is 27.6 Å². The van der Waals surface area contributed by atoms with Gasteiger partial charge in [-0.2, -0.15) is 0 Å². The predicted molar refractivity (Wildman–Crippen MR) is 23.3 cm³/mol. The van der Waals surface area contributed by atoms with Gasteiger partial charge in [0.25, 0.3) is 0 Å². The van der Waals surface area contributed by atoms with Crippen LogP contribution in [0.5, 0.6) is 0 Å². The van der Waals surface area contributed by atoms with E-state index in [1.54, 1.807) is 0 Å². The van der Waals surface area contributed by atoms with Gasteiger partial charge in [-0.3, -0.25) is 0 Å². The molecule has 0 spiro atoms. The first-order valence-electron chi connectivity index (χ1n) is 1.19. The molecule has 0 nitrogen and oxygen atoms in total. The van der Waals surface area contributed by atoms with E-state index >= 15 is 0 Å². The molecule has 0 amide bonds. The van der Waals surface area contributed by atoms with E-state index in [0.717, 1.165) is 0 Å². The molecular formula is C2H6ClSn+. The summed E-state index contributed by atoms with van der Waals surface area (Å²) in [5.74, 6) is 0. The molecule has 0 fully saturated rings. The summed E-state index contributed by atoms with van der Waals surface area (Å²) in [7, 11) is 5.47. The maximum atomic E-state index is 5.47. The second kappa shape index (κ2) is 2.33. The van der Waals surface area contributed by atoms with Crippen LogP contribution in [0.2, 0.25) is 9.88 Å².